The largest absolute Gasteiger partial charge is 0.480 e. The van der Waals surface area contributed by atoms with E-state index in [0.717, 1.165) is 5.69 Å². The van der Waals surface area contributed by atoms with E-state index in [1.54, 1.807) is 6.20 Å². The number of hydrogen-bond acceptors (Lipinski definition) is 3. The van der Waals surface area contributed by atoms with Crippen LogP contribution in [0.15, 0.2) is 12.5 Å². The third kappa shape index (κ3) is 2.71. The number of aliphatic carboxylic acids is 1. The molecular weight excluding hydrogens is 158 g/mol. The van der Waals surface area contributed by atoms with E-state index in [-0.39, 0.29) is 13.8 Å². The Labute approximate surface area is 70.6 Å². The van der Waals surface area contributed by atoms with E-state index in [1.165, 1.54) is 6.33 Å². The number of nitrogens with two attached hydrogens (primary N) is 1. The van der Waals surface area contributed by atoms with Crippen LogP contribution < -0.4 is 5.73 Å². The molecule has 5 nitrogen and oxygen atoms in total. The lowest BCUT2D eigenvalue weighted by atomic mass is 10.2. The van der Waals surface area contributed by atoms with E-state index in [9.17, 15) is 4.79 Å². The van der Waals surface area contributed by atoms with Crippen LogP contribution in [-0.4, -0.2) is 27.1 Å². The number of carboxylic acid groups (broad SMARTS) is 1. The number of aromatic amines is 1. The summed E-state index contributed by atoms with van der Waals surface area (Å²) < 4.78 is 0. The molecule has 5 heteroatoms. The first-order valence-electron chi connectivity index (χ1n) is 3.16. The second kappa shape index (κ2) is 4.50. The van der Waals surface area contributed by atoms with Gasteiger partial charge in [-0.2, -0.15) is 0 Å². The van der Waals surface area contributed by atoms with E-state index in [2.05, 4.69) is 9.97 Å². The Morgan fingerprint density at radius 3 is 2.92 bits per heavy atom. The Bertz CT molecular complexity index is 233. The van der Waals surface area contributed by atoms with Crippen molar-refractivity contribution in [2.24, 2.45) is 5.73 Å². The molecule has 0 saturated carbocycles. The molecule has 0 fully saturated rings. The number of carbonyl (C=O) groups is 1. The highest BCUT2D eigenvalue weighted by Crippen LogP contribution is 1.95. The van der Waals surface area contributed by atoms with Crippen molar-refractivity contribution < 1.29 is 9.90 Å². The first-order valence-corrected chi connectivity index (χ1v) is 3.16. The van der Waals surface area contributed by atoms with Crippen LogP contribution in [0.25, 0.3) is 0 Å². The maximum absolute atomic E-state index is 10.3. The predicted octanol–water partition coefficient (Wildman–Crippen LogP) is 0.000200. The zero-order valence-corrected chi connectivity index (χ0v) is 5.82. The van der Waals surface area contributed by atoms with Gasteiger partial charge < -0.3 is 15.8 Å². The van der Waals surface area contributed by atoms with E-state index < -0.39 is 12.0 Å². The number of carboxylic acids is 1. The molecule has 0 spiro atoms. The molecule has 0 unspecified atom stereocenters. The van der Waals surface area contributed by atoms with Gasteiger partial charge in [0.15, 0.2) is 0 Å². The second-order valence-electron chi connectivity index (χ2n) is 2.23. The molecule has 0 aliphatic carbocycles. The summed E-state index contributed by atoms with van der Waals surface area (Å²) in [7, 11) is 0. The molecule has 68 valence electrons. The molecule has 12 heavy (non-hydrogen) atoms. The zero-order chi connectivity index (χ0) is 8.27. The molecule has 1 aromatic rings. The lowest BCUT2D eigenvalue weighted by molar-refractivity contribution is -0.138. The highest BCUT2D eigenvalue weighted by Gasteiger charge is 2.11. The lowest BCUT2D eigenvalue weighted by Gasteiger charge is -2.02. The van der Waals surface area contributed by atoms with Gasteiger partial charge in [-0.3, -0.25) is 4.79 Å². The SMILES string of the molecule is C.N[C@@H](Cc1cnc[nH]1)C(=O)O. The molecule has 1 atom stereocenters. The quantitative estimate of drug-likeness (QED) is 0.596. The van der Waals surface area contributed by atoms with E-state index >= 15 is 0 Å². The average Bonchev–Trinajstić information content (AvgIpc) is 2.39. The minimum atomic E-state index is -1.00. The monoisotopic (exact) mass is 171 g/mol. The van der Waals surface area contributed by atoms with Gasteiger partial charge in [0.05, 0.1) is 6.33 Å². The Morgan fingerprint density at radius 2 is 2.50 bits per heavy atom. The molecule has 1 heterocycles. The van der Waals surface area contributed by atoms with Gasteiger partial charge in [0.25, 0.3) is 0 Å². The van der Waals surface area contributed by atoms with Crippen LogP contribution in [0.5, 0.6) is 0 Å². The summed E-state index contributed by atoms with van der Waals surface area (Å²) in [6.45, 7) is 0. The van der Waals surface area contributed by atoms with Gasteiger partial charge in [-0.1, -0.05) is 7.43 Å². The first-order chi connectivity index (χ1) is 5.20. The molecule has 0 amide bonds. The van der Waals surface area contributed by atoms with Crippen LogP contribution in [0.1, 0.15) is 13.1 Å². The number of nitrogens with one attached hydrogen (secondary N) is 1. The van der Waals surface area contributed by atoms with Crippen molar-refractivity contribution in [1.29, 1.82) is 0 Å². The van der Waals surface area contributed by atoms with Crippen LogP contribution in [-0.2, 0) is 11.2 Å². The Hall–Kier alpha value is -1.36. The minimum Gasteiger partial charge on any atom is -0.480 e. The predicted molar refractivity (Wildman–Crippen MR) is 44.6 cm³/mol. The summed E-state index contributed by atoms with van der Waals surface area (Å²) in [6.07, 6.45) is 3.34. The van der Waals surface area contributed by atoms with Crippen LogP contribution in [0.4, 0.5) is 0 Å². The topological polar surface area (TPSA) is 92.0 Å². The van der Waals surface area contributed by atoms with Crippen molar-refractivity contribution in [1.82, 2.24) is 9.97 Å². The van der Waals surface area contributed by atoms with Crippen LogP contribution in [0, 0.1) is 0 Å². The summed E-state index contributed by atoms with van der Waals surface area (Å²) in [6, 6.07) is -0.851. The number of imidazole rings is 1. The zero-order valence-electron chi connectivity index (χ0n) is 5.82. The van der Waals surface area contributed by atoms with E-state index in [4.69, 9.17) is 10.8 Å². The summed E-state index contributed by atoms with van der Waals surface area (Å²) in [4.78, 5) is 16.8. The van der Waals surface area contributed by atoms with Crippen molar-refractivity contribution in [3.05, 3.63) is 18.2 Å². The molecular formula is C7H13N3O2. The third-order valence-corrected chi connectivity index (χ3v) is 1.31. The van der Waals surface area contributed by atoms with Gasteiger partial charge in [-0.15, -0.1) is 0 Å². The summed E-state index contributed by atoms with van der Waals surface area (Å²) in [5.74, 6) is -1.00. The van der Waals surface area contributed by atoms with Gasteiger partial charge in [0.2, 0.25) is 0 Å². The molecule has 0 aliphatic heterocycles. The highest BCUT2D eigenvalue weighted by atomic mass is 16.4. The number of nitrogens with zero attached hydrogens (tertiary/aromatic N) is 1. The normalized spacial score (nSPS) is 11.8. The van der Waals surface area contributed by atoms with Gasteiger partial charge >= 0.3 is 5.97 Å². The fraction of sp³-hybridized carbons (Fsp3) is 0.429. The van der Waals surface area contributed by atoms with Crippen LogP contribution in [0.3, 0.4) is 0 Å². The van der Waals surface area contributed by atoms with Gasteiger partial charge in [0.1, 0.15) is 6.04 Å². The second-order valence-corrected chi connectivity index (χ2v) is 2.23. The molecule has 0 aliphatic rings. The molecule has 0 bridgehead atoms. The van der Waals surface area contributed by atoms with Gasteiger partial charge in [0, 0.05) is 18.3 Å². The van der Waals surface area contributed by atoms with Crippen molar-refractivity contribution in [2.45, 2.75) is 19.9 Å². The number of aromatic nitrogens is 2. The van der Waals surface area contributed by atoms with E-state index in [0.29, 0.717) is 0 Å². The molecule has 1 aromatic heterocycles. The van der Waals surface area contributed by atoms with Crippen LogP contribution in [0.2, 0.25) is 0 Å². The van der Waals surface area contributed by atoms with Crippen molar-refractivity contribution in [3.8, 4) is 0 Å². The molecule has 1 rings (SSSR count). The van der Waals surface area contributed by atoms with Gasteiger partial charge in [-0.05, 0) is 0 Å². The highest BCUT2D eigenvalue weighted by molar-refractivity contribution is 5.73. The maximum atomic E-state index is 10.3. The Kier molecular flexibility index (Phi) is 3.99. The molecule has 0 radical (unpaired) electrons. The van der Waals surface area contributed by atoms with Crippen molar-refractivity contribution in [3.63, 3.8) is 0 Å². The van der Waals surface area contributed by atoms with Crippen LogP contribution >= 0.6 is 0 Å². The lowest BCUT2D eigenvalue weighted by Crippen LogP contribution is -2.32. The summed E-state index contributed by atoms with van der Waals surface area (Å²) in [5.41, 5.74) is 6.00. The number of rotatable bonds is 3. The summed E-state index contributed by atoms with van der Waals surface area (Å²) >= 11 is 0. The maximum Gasteiger partial charge on any atom is 0.320 e. The third-order valence-electron chi connectivity index (χ3n) is 1.31. The molecule has 0 aromatic carbocycles. The summed E-state index contributed by atoms with van der Waals surface area (Å²) in [5, 5.41) is 8.42. The smallest absolute Gasteiger partial charge is 0.320 e. The van der Waals surface area contributed by atoms with E-state index in [1.807, 2.05) is 0 Å². The standard InChI is InChI=1S/C6H9N3O2.CH4/c7-5(6(10)11)1-4-2-8-3-9-4;/h2-3,5H,1,7H2,(H,8,9)(H,10,11);1H4/t5-;/m0./s1. The first kappa shape index (κ1) is 10.6. The minimum absolute atomic E-state index is 0. The fourth-order valence-corrected chi connectivity index (χ4v) is 0.721. The number of hydrogen-bond donors (Lipinski definition) is 3. The average molecular weight is 171 g/mol. The Balaban J connectivity index is 0.00000121. The number of H-pyrrole nitrogens is 1. The fourth-order valence-electron chi connectivity index (χ4n) is 0.721. The molecule has 0 saturated heterocycles. The molecule has 4 N–H and O–H groups in total. The Morgan fingerprint density at radius 1 is 1.83 bits per heavy atom. The van der Waals surface area contributed by atoms with Crippen molar-refractivity contribution >= 4 is 5.97 Å². The van der Waals surface area contributed by atoms with Gasteiger partial charge in [-0.25, -0.2) is 4.98 Å². The van der Waals surface area contributed by atoms with Crippen molar-refractivity contribution in [2.75, 3.05) is 0 Å².